The highest BCUT2D eigenvalue weighted by atomic mass is 35.5. The molecule has 1 aromatic carbocycles. The van der Waals surface area contributed by atoms with Crippen molar-refractivity contribution in [3.05, 3.63) is 78.6 Å². The second-order valence-electron chi connectivity index (χ2n) is 6.60. The summed E-state index contributed by atoms with van der Waals surface area (Å²) in [5, 5.41) is 4.73. The first-order valence-corrected chi connectivity index (χ1v) is 9.34. The fourth-order valence-corrected chi connectivity index (χ4v) is 3.71. The predicted molar refractivity (Wildman–Crippen MR) is 112 cm³/mol. The summed E-state index contributed by atoms with van der Waals surface area (Å²) in [7, 11) is 0. The van der Waals surface area contributed by atoms with Gasteiger partial charge in [-0.2, -0.15) is 5.10 Å². The number of fused-ring (bicyclic) bond motifs is 1. The van der Waals surface area contributed by atoms with Gasteiger partial charge in [0.05, 0.1) is 22.3 Å². The molecule has 1 aliphatic rings. The number of benzene rings is 1. The largest absolute Gasteiger partial charge is 0.454 e. The molecule has 7 nitrogen and oxygen atoms in total. The van der Waals surface area contributed by atoms with Gasteiger partial charge in [-0.1, -0.05) is 11.6 Å². The van der Waals surface area contributed by atoms with Gasteiger partial charge in [0.1, 0.15) is 23.3 Å². The summed E-state index contributed by atoms with van der Waals surface area (Å²) in [6, 6.07) is 13.4. The van der Waals surface area contributed by atoms with Crippen LogP contribution in [-0.4, -0.2) is 24.1 Å². The number of nitrogens with zero attached hydrogens (tertiary/aromatic N) is 6. The Morgan fingerprint density at radius 2 is 1.93 bits per heavy atom. The SMILES string of the molecule is Clc1cc(N2C=Cn3ccc4ncnc2c43)ccc1Oc1ccc2ccnn2c1. The lowest BCUT2D eigenvalue weighted by Crippen LogP contribution is -2.15. The number of halogens is 1. The van der Waals surface area contributed by atoms with Crippen molar-refractivity contribution in [2.45, 2.75) is 0 Å². The van der Waals surface area contributed by atoms with Gasteiger partial charge in [0.25, 0.3) is 0 Å². The molecule has 5 aromatic rings. The van der Waals surface area contributed by atoms with Crippen molar-refractivity contribution in [1.29, 1.82) is 0 Å². The molecule has 0 bridgehead atoms. The van der Waals surface area contributed by atoms with Gasteiger partial charge in [-0.15, -0.1) is 0 Å². The van der Waals surface area contributed by atoms with Gasteiger partial charge in [-0.3, -0.25) is 4.90 Å². The third kappa shape index (κ3) is 2.55. The van der Waals surface area contributed by atoms with Gasteiger partial charge < -0.3 is 9.30 Å². The summed E-state index contributed by atoms with van der Waals surface area (Å²) in [4.78, 5) is 10.8. The normalized spacial score (nSPS) is 12.8. The number of anilines is 2. The third-order valence-corrected chi connectivity index (χ3v) is 5.17. The Kier molecular flexibility index (Phi) is 3.39. The van der Waals surface area contributed by atoms with E-state index in [2.05, 4.69) is 15.1 Å². The fraction of sp³-hybridized carbons (Fsp3) is 0. The lowest BCUT2D eigenvalue weighted by molar-refractivity contribution is 0.479. The Morgan fingerprint density at radius 3 is 2.86 bits per heavy atom. The smallest absolute Gasteiger partial charge is 0.165 e. The van der Waals surface area contributed by atoms with E-state index in [0.29, 0.717) is 16.5 Å². The highest BCUT2D eigenvalue weighted by Gasteiger charge is 2.19. The molecule has 8 heteroatoms. The molecule has 0 fully saturated rings. The van der Waals surface area contributed by atoms with E-state index in [4.69, 9.17) is 16.3 Å². The number of rotatable bonds is 3. The molecule has 0 aliphatic carbocycles. The molecule has 0 saturated heterocycles. The van der Waals surface area contributed by atoms with Crippen molar-refractivity contribution < 1.29 is 4.74 Å². The molecule has 0 N–H and O–H groups in total. The molecule has 5 heterocycles. The molecule has 140 valence electrons. The molecule has 29 heavy (non-hydrogen) atoms. The maximum absolute atomic E-state index is 6.54. The zero-order chi connectivity index (χ0) is 19.4. The van der Waals surface area contributed by atoms with E-state index in [-0.39, 0.29) is 0 Å². The standard InChI is InChI=1S/C21H13ClN6O/c22-17-11-15(27-10-9-26-8-6-18-20(26)21(27)24-13-23-18)2-4-19(17)29-16-3-1-14-5-7-25-28(14)12-16/h1-13H. The van der Waals surface area contributed by atoms with Crippen molar-refractivity contribution in [2.75, 3.05) is 4.90 Å². The van der Waals surface area contributed by atoms with Crippen molar-refractivity contribution in [1.82, 2.24) is 24.1 Å². The zero-order valence-electron chi connectivity index (χ0n) is 15.0. The minimum atomic E-state index is 0.503. The third-order valence-electron chi connectivity index (χ3n) is 4.88. The Labute approximate surface area is 170 Å². The molecule has 4 aromatic heterocycles. The second kappa shape index (κ2) is 6.08. The average molecular weight is 401 g/mol. The van der Waals surface area contributed by atoms with Crippen LogP contribution in [0.1, 0.15) is 0 Å². The van der Waals surface area contributed by atoms with Gasteiger partial charge in [0, 0.05) is 30.5 Å². The lowest BCUT2D eigenvalue weighted by Gasteiger charge is -2.24. The van der Waals surface area contributed by atoms with E-state index in [1.165, 1.54) is 0 Å². The van der Waals surface area contributed by atoms with Crippen LogP contribution in [0, 0.1) is 0 Å². The topological polar surface area (TPSA) is 60.5 Å². The van der Waals surface area contributed by atoms with E-state index in [1.54, 1.807) is 17.0 Å². The molecular formula is C21H13ClN6O. The van der Waals surface area contributed by atoms with E-state index >= 15 is 0 Å². The molecule has 1 aliphatic heterocycles. The summed E-state index contributed by atoms with van der Waals surface area (Å²) in [6.45, 7) is 0. The Bertz CT molecular complexity index is 1420. The van der Waals surface area contributed by atoms with Crippen LogP contribution in [0.3, 0.4) is 0 Å². The van der Waals surface area contributed by atoms with Crippen LogP contribution in [0.25, 0.3) is 22.8 Å². The second-order valence-corrected chi connectivity index (χ2v) is 7.01. The van der Waals surface area contributed by atoms with E-state index in [0.717, 1.165) is 28.1 Å². The lowest BCUT2D eigenvalue weighted by atomic mass is 10.2. The zero-order valence-corrected chi connectivity index (χ0v) is 15.7. The highest BCUT2D eigenvalue weighted by Crippen LogP contribution is 2.38. The first kappa shape index (κ1) is 16.1. The van der Waals surface area contributed by atoms with E-state index < -0.39 is 0 Å². The molecular weight excluding hydrogens is 388 g/mol. The fourth-order valence-electron chi connectivity index (χ4n) is 3.50. The Hall–Kier alpha value is -3.84. The summed E-state index contributed by atoms with van der Waals surface area (Å²) in [5.74, 6) is 2.03. The highest BCUT2D eigenvalue weighted by molar-refractivity contribution is 6.32. The maximum atomic E-state index is 6.54. The number of aromatic nitrogens is 5. The molecule has 0 saturated carbocycles. The predicted octanol–water partition coefficient (Wildman–Crippen LogP) is 5.10. The number of hydrogen-bond acceptors (Lipinski definition) is 5. The van der Waals surface area contributed by atoms with E-state index in [9.17, 15) is 0 Å². The van der Waals surface area contributed by atoms with Crippen LogP contribution in [-0.2, 0) is 0 Å². The minimum absolute atomic E-state index is 0.503. The van der Waals surface area contributed by atoms with Crippen molar-refractivity contribution in [2.24, 2.45) is 0 Å². The average Bonchev–Trinajstić information content (AvgIpc) is 3.38. The quantitative estimate of drug-likeness (QED) is 0.421. The van der Waals surface area contributed by atoms with Crippen LogP contribution in [0.5, 0.6) is 11.5 Å². The maximum Gasteiger partial charge on any atom is 0.165 e. The Morgan fingerprint density at radius 1 is 0.966 bits per heavy atom. The van der Waals surface area contributed by atoms with Crippen molar-refractivity contribution in [3.8, 4) is 11.5 Å². The van der Waals surface area contributed by atoms with Gasteiger partial charge in [-0.25, -0.2) is 14.5 Å². The van der Waals surface area contributed by atoms with Gasteiger partial charge in [0.2, 0.25) is 0 Å². The molecule has 0 radical (unpaired) electrons. The van der Waals surface area contributed by atoms with Crippen LogP contribution in [0.15, 0.2) is 73.6 Å². The van der Waals surface area contributed by atoms with Gasteiger partial charge in [-0.05, 0) is 42.5 Å². The number of pyridine rings is 1. The molecule has 6 rings (SSSR count). The summed E-state index contributed by atoms with van der Waals surface area (Å²) >= 11 is 6.54. The van der Waals surface area contributed by atoms with Crippen molar-refractivity contribution in [3.63, 3.8) is 0 Å². The minimum Gasteiger partial charge on any atom is -0.454 e. The molecule has 0 unspecified atom stereocenters. The van der Waals surface area contributed by atoms with Crippen LogP contribution in [0.2, 0.25) is 5.02 Å². The van der Waals surface area contributed by atoms with E-state index in [1.807, 2.05) is 76.7 Å². The van der Waals surface area contributed by atoms with Crippen LogP contribution in [0.4, 0.5) is 11.5 Å². The molecule has 0 spiro atoms. The van der Waals surface area contributed by atoms with Gasteiger partial charge in [0.15, 0.2) is 5.82 Å². The van der Waals surface area contributed by atoms with Crippen LogP contribution < -0.4 is 9.64 Å². The van der Waals surface area contributed by atoms with Crippen LogP contribution >= 0.6 is 11.6 Å². The summed E-state index contributed by atoms with van der Waals surface area (Å²) in [5.41, 5.74) is 3.73. The first-order chi connectivity index (χ1) is 14.3. The number of ether oxygens (including phenoxy) is 1. The monoisotopic (exact) mass is 400 g/mol. The summed E-state index contributed by atoms with van der Waals surface area (Å²) < 4.78 is 9.73. The first-order valence-electron chi connectivity index (χ1n) is 8.96. The molecule has 0 atom stereocenters. The Balaban J connectivity index is 1.35. The summed E-state index contributed by atoms with van der Waals surface area (Å²) in [6.07, 6.45) is 11.0. The van der Waals surface area contributed by atoms with Crippen molar-refractivity contribution >= 4 is 45.9 Å². The number of hydrogen-bond donors (Lipinski definition) is 0. The van der Waals surface area contributed by atoms with Gasteiger partial charge >= 0.3 is 0 Å². The molecule has 0 amide bonds.